The third-order valence-corrected chi connectivity index (χ3v) is 8.78. The van der Waals surface area contributed by atoms with E-state index in [4.69, 9.17) is 0 Å². The van der Waals surface area contributed by atoms with Gasteiger partial charge < -0.3 is 0 Å². The maximum absolute atomic E-state index is 2.76. The Kier molecular flexibility index (Phi) is 5.43. The molecule has 4 nitrogen and oxygen atoms in total. The lowest BCUT2D eigenvalue weighted by Gasteiger charge is -2.46. The molecule has 0 bridgehead atoms. The van der Waals surface area contributed by atoms with E-state index in [0.29, 0.717) is 21.9 Å². The molecular weight excluding hydrogens is 344 g/mol. The van der Waals surface area contributed by atoms with Crippen molar-refractivity contribution in [1.29, 1.82) is 0 Å². The van der Waals surface area contributed by atoms with Crippen molar-refractivity contribution in [3.8, 4) is 0 Å². The van der Waals surface area contributed by atoms with E-state index in [-0.39, 0.29) is 0 Å². The van der Waals surface area contributed by atoms with Gasteiger partial charge >= 0.3 is 0 Å². The van der Waals surface area contributed by atoms with E-state index in [0.717, 1.165) is 0 Å². The molecule has 0 N–H and O–H groups in total. The molecule has 4 aliphatic rings. The van der Waals surface area contributed by atoms with Gasteiger partial charge in [0.05, 0.1) is 0 Å². The molecule has 4 aliphatic heterocycles. The first-order valence-corrected chi connectivity index (χ1v) is 12.0. The highest BCUT2D eigenvalue weighted by molar-refractivity contribution is 4.99. The Morgan fingerprint density at radius 1 is 0.464 bits per heavy atom. The first-order chi connectivity index (χ1) is 13.0. The highest BCUT2D eigenvalue weighted by Crippen LogP contribution is 2.45. The number of hydrazine groups is 1. The Hall–Kier alpha value is -0.160. The van der Waals surface area contributed by atoms with Crippen LogP contribution in [0.1, 0.15) is 80.1 Å². The van der Waals surface area contributed by atoms with Crippen LogP contribution in [0.15, 0.2) is 0 Å². The first kappa shape index (κ1) is 21.1. The zero-order chi connectivity index (χ0) is 20.2. The van der Waals surface area contributed by atoms with Gasteiger partial charge in [0.2, 0.25) is 0 Å². The maximum atomic E-state index is 2.76. The van der Waals surface area contributed by atoms with Crippen LogP contribution in [0, 0.1) is 10.8 Å². The summed E-state index contributed by atoms with van der Waals surface area (Å²) in [6.07, 6.45) is 8.45. The van der Waals surface area contributed by atoms with Crippen molar-refractivity contribution in [2.45, 2.75) is 91.1 Å². The molecule has 0 aliphatic carbocycles. The second-order valence-electron chi connectivity index (χ2n) is 12.6. The molecule has 0 amide bonds. The van der Waals surface area contributed by atoms with Gasteiger partial charge in [-0.3, -0.25) is 9.80 Å². The molecule has 0 saturated carbocycles. The lowest BCUT2D eigenvalue weighted by atomic mass is 9.77. The molecule has 0 aromatic carbocycles. The van der Waals surface area contributed by atoms with Gasteiger partial charge in [-0.05, 0) is 111 Å². The van der Waals surface area contributed by atoms with E-state index in [9.17, 15) is 0 Å². The van der Waals surface area contributed by atoms with Gasteiger partial charge in [0.25, 0.3) is 0 Å². The van der Waals surface area contributed by atoms with Gasteiger partial charge in [-0.25, -0.2) is 10.0 Å². The van der Waals surface area contributed by atoms with Crippen LogP contribution >= 0.6 is 0 Å². The molecule has 4 heteroatoms. The van der Waals surface area contributed by atoms with E-state index in [1.165, 1.54) is 90.9 Å². The fourth-order valence-corrected chi connectivity index (χ4v) is 6.38. The third kappa shape index (κ3) is 4.17. The van der Waals surface area contributed by atoms with Crippen molar-refractivity contribution >= 4 is 0 Å². The predicted octanol–water partition coefficient (Wildman–Crippen LogP) is 4.07. The molecular formula is C24H46N4. The van der Waals surface area contributed by atoms with Crippen molar-refractivity contribution in [2.24, 2.45) is 10.8 Å². The summed E-state index contributed by atoms with van der Waals surface area (Å²) in [7, 11) is 0. The third-order valence-electron chi connectivity index (χ3n) is 8.78. The molecule has 0 unspecified atom stereocenters. The maximum Gasteiger partial charge on any atom is 0.0191 e. The summed E-state index contributed by atoms with van der Waals surface area (Å²) in [6, 6.07) is 0. The van der Waals surface area contributed by atoms with Gasteiger partial charge in [-0.15, -0.1) is 0 Å². The minimum atomic E-state index is 0.337. The van der Waals surface area contributed by atoms with E-state index >= 15 is 0 Å². The molecule has 4 rings (SSSR count). The molecule has 4 heterocycles. The molecule has 2 spiro atoms. The van der Waals surface area contributed by atoms with Gasteiger partial charge in [-0.1, -0.05) is 0 Å². The second-order valence-corrected chi connectivity index (χ2v) is 12.6. The van der Waals surface area contributed by atoms with Gasteiger partial charge in [0.15, 0.2) is 0 Å². The minimum Gasteiger partial charge on any atom is -0.298 e. The van der Waals surface area contributed by atoms with E-state index < -0.39 is 0 Å². The van der Waals surface area contributed by atoms with Gasteiger partial charge in [-0.2, -0.15) is 0 Å². The summed E-state index contributed by atoms with van der Waals surface area (Å²) in [5, 5.41) is 5.51. The molecule has 0 radical (unpaired) electrons. The molecule has 4 saturated heterocycles. The largest absolute Gasteiger partial charge is 0.298 e. The monoisotopic (exact) mass is 390 g/mol. The van der Waals surface area contributed by atoms with Crippen LogP contribution in [0.5, 0.6) is 0 Å². The number of piperidine rings is 2. The minimum absolute atomic E-state index is 0.337. The Morgan fingerprint density at radius 2 is 0.857 bits per heavy atom. The predicted molar refractivity (Wildman–Crippen MR) is 118 cm³/mol. The number of likely N-dealkylation sites (tertiary alicyclic amines) is 2. The molecule has 162 valence electrons. The average Bonchev–Trinajstić information content (AvgIpc) is 3.21. The lowest BCUT2D eigenvalue weighted by molar-refractivity contribution is -0.0629. The summed E-state index contributed by atoms with van der Waals surface area (Å²) in [5.74, 6) is 0. The topological polar surface area (TPSA) is 13.0 Å². The highest BCUT2D eigenvalue weighted by Gasteiger charge is 2.47. The first-order valence-electron chi connectivity index (χ1n) is 12.0. The fourth-order valence-electron chi connectivity index (χ4n) is 6.38. The smallest absolute Gasteiger partial charge is 0.0191 e. The summed E-state index contributed by atoms with van der Waals surface area (Å²) in [4.78, 5) is 5.43. The SMILES string of the molecule is CC(C)(C)N1CCC2(CCN(N3CCC4(CC3)CCN(C(C)(C)C)C4)C2)CC1. The van der Waals surface area contributed by atoms with Crippen LogP contribution in [-0.2, 0) is 0 Å². The van der Waals surface area contributed by atoms with Crippen LogP contribution in [0.3, 0.4) is 0 Å². The fraction of sp³-hybridized carbons (Fsp3) is 1.00. The average molecular weight is 391 g/mol. The van der Waals surface area contributed by atoms with Crippen molar-refractivity contribution in [3.63, 3.8) is 0 Å². The normalized spacial score (nSPS) is 30.6. The van der Waals surface area contributed by atoms with Crippen molar-refractivity contribution in [2.75, 3.05) is 52.4 Å². The van der Waals surface area contributed by atoms with Crippen molar-refractivity contribution in [1.82, 2.24) is 19.8 Å². The summed E-state index contributed by atoms with van der Waals surface area (Å²) in [6.45, 7) is 24.7. The molecule has 0 aromatic rings. The van der Waals surface area contributed by atoms with Crippen LogP contribution in [0.25, 0.3) is 0 Å². The van der Waals surface area contributed by atoms with Gasteiger partial charge in [0.1, 0.15) is 0 Å². The summed E-state index contributed by atoms with van der Waals surface area (Å²) < 4.78 is 0. The number of hydrogen-bond acceptors (Lipinski definition) is 4. The molecule has 28 heavy (non-hydrogen) atoms. The van der Waals surface area contributed by atoms with E-state index in [1.54, 1.807) is 0 Å². The second kappa shape index (κ2) is 7.21. The van der Waals surface area contributed by atoms with E-state index in [1.807, 2.05) is 0 Å². The zero-order valence-electron chi connectivity index (χ0n) is 19.7. The Labute approximate surface area is 174 Å². The molecule has 0 atom stereocenters. The molecule has 4 fully saturated rings. The zero-order valence-corrected chi connectivity index (χ0v) is 19.7. The quantitative estimate of drug-likeness (QED) is 0.669. The summed E-state index contributed by atoms with van der Waals surface area (Å²) >= 11 is 0. The number of rotatable bonds is 1. The highest BCUT2D eigenvalue weighted by atomic mass is 15.6. The van der Waals surface area contributed by atoms with Crippen molar-refractivity contribution in [3.05, 3.63) is 0 Å². The van der Waals surface area contributed by atoms with Crippen LogP contribution < -0.4 is 0 Å². The van der Waals surface area contributed by atoms with Crippen LogP contribution in [0.2, 0.25) is 0 Å². The van der Waals surface area contributed by atoms with Gasteiger partial charge in [0, 0.05) is 43.8 Å². The number of hydrogen-bond donors (Lipinski definition) is 0. The number of nitrogens with zero attached hydrogens (tertiary/aromatic N) is 4. The molecule has 0 aromatic heterocycles. The standard InChI is InChI=1S/C24H46N4/c1-21(2,3)25-13-7-24(8-14-25)12-18-28(20-24)27-16-10-23(11-17-27)9-15-26(19-23)22(4,5)6/h7-20H2,1-6H3. The van der Waals surface area contributed by atoms with Crippen LogP contribution in [-0.4, -0.2) is 83.3 Å². The van der Waals surface area contributed by atoms with Crippen LogP contribution in [0.4, 0.5) is 0 Å². The Morgan fingerprint density at radius 3 is 1.32 bits per heavy atom. The Balaban J connectivity index is 1.28. The lowest BCUT2D eigenvalue weighted by Crippen LogP contribution is -2.52. The van der Waals surface area contributed by atoms with Crippen molar-refractivity contribution < 1.29 is 0 Å². The summed E-state index contributed by atoms with van der Waals surface area (Å²) in [5.41, 5.74) is 1.89. The Bertz CT molecular complexity index is 542. The van der Waals surface area contributed by atoms with E-state index in [2.05, 4.69) is 61.4 Å².